The molecule has 0 aromatic heterocycles. The molecule has 310 valence electrons. The lowest BCUT2D eigenvalue weighted by Gasteiger charge is -2.36. The highest BCUT2D eigenvalue weighted by Gasteiger charge is 2.50. The Bertz CT molecular complexity index is 1880. The number of unbranched alkanes of at least 4 members (excludes halogenated alkanes) is 1. The zero-order chi connectivity index (χ0) is 41.5. The van der Waals surface area contributed by atoms with Crippen LogP contribution in [0.4, 0.5) is 0 Å². The molecule has 2 aliphatic rings. The minimum Gasteiger partial charge on any atom is -0.415 e. The molecule has 0 radical (unpaired) electrons. The summed E-state index contributed by atoms with van der Waals surface area (Å²) >= 11 is 0. The first-order valence-electron chi connectivity index (χ1n) is 20.4. The summed E-state index contributed by atoms with van der Waals surface area (Å²) in [6, 6.07) is 23.3. The second-order valence-electron chi connectivity index (χ2n) is 15.0. The van der Waals surface area contributed by atoms with Gasteiger partial charge in [0.15, 0.2) is 5.78 Å². The van der Waals surface area contributed by atoms with Gasteiger partial charge in [-0.1, -0.05) is 86.5 Å². The van der Waals surface area contributed by atoms with E-state index in [4.69, 9.17) is 15.2 Å². The van der Waals surface area contributed by atoms with Crippen LogP contribution in [0.25, 0.3) is 0 Å². The van der Waals surface area contributed by atoms with Crippen LogP contribution in [0, 0.1) is 5.92 Å². The van der Waals surface area contributed by atoms with Crippen LogP contribution in [0.2, 0.25) is 1.41 Å². The average Bonchev–Trinajstić information content (AvgIpc) is 3.61. The summed E-state index contributed by atoms with van der Waals surface area (Å²) in [7, 11) is -7.70. The van der Waals surface area contributed by atoms with Crippen molar-refractivity contribution in [2.45, 2.75) is 108 Å². The molecular weight excluding hydrogens is 768 g/mol. The van der Waals surface area contributed by atoms with Crippen LogP contribution in [0.15, 0.2) is 91.0 Å². The number of ether oxygens (including phenoxy) is 1. The molecule has 1 saturated heterocycles. The number of benzene rings is 3. The Balaban J connectivity index is 1.32. The number of sulfone groups is 1. The van der Waals surface area contributed by atoms with Crippen molar-refractivity contribution in [3.63, 3.8) is 0 Å². The van der Waals surface area contributed by atoms with Crippen LogP contribution >= 0.6 is 7.60 Å². The molecule has 15 heteroatoms. The van der Waals surface area contributed by atoms with E-state index in [9.17, 15) is 27.4 Å². The first kappa shape index (κ1) is 42.4. The van der Waals surface area contributed by atoms with Crippen LogP contribution in [-0.4, -0.2) is 79.6 Å². The zero-order valence-corrected chi connectivity index (χ0v) is 34.5. The van der Waals surface area contributed by atoms with Gasteiger partial charge >= 0.3 is 7.60 Å². The van der Waals surface area contributed by atoms with Crippen molar-refractivity contribution in [2.75, 3.05) is 18.6 Å². The van der Waals surface area contributed by atoms with Crippen molar-refractivity contribution in [1.29, 1.82) is 0 Å². The Morgan fingerprint density at radius 2 is 1.51 bits per heavy atom. The molecular formula is C42H57N4O9PS. The monoisotopic (exact) mass is 825 g/mol. The van der Waals surface area contributed by atoms with E-state index in [2.05, 4.69) is 16.4 Å². The van der Waals surface area contributed by atoms with Crippen molar-refractivity contribution in [3.8, 4) is 11.5 Å². The minimum atomic E-state index is -4.15. The minimum absolute atomic E-state index is 0.000468. The highest BCUT2D eigenvalue weighted by atomic mass is 32.2. The van der Waals surface area contributed by atoms with Crippen LogP contribution in [0.1, 0.15) is 76.7 Å². The highest BCUT2D eigenvalue weighted by molar-refractivity contribution is 7.90. The number of likely N-dealkylation sites (tertiary alicyclic amines) is 1. The number of hydrogen-bond donors (Lipinski definition) is 3. The van der Waals surface area contributed by atoms with Gasteiger partial charge in [-0.3, -0.25) is 14.4 Å². The Labute approximate surface area is 338 Å². The van der Waals surface area contributed by atoms with Crippen LogP contribution in [0.5, 0.6) is 11.5 Å². The van der Waals surface area contributed by atoms with Crippen LogP contribution in [-0.2, 0) is 40.1 Å². The van der Waals surface area contributed by atoms with Crippen molar-refractivity contribution in [2.24, 2.45) is 11.6 Å². The van der Waals surface area contributed by atoms with E-state index >= 15 is 0 Å². The van der Waals surface area contributed by atoms with Gasteiger partial charge in [-0.05, 0) is 87.1 Å². The molecule has 1 aliphatic carbocycles. The third-order valence-electron chi connectivity index (χ3n) is 10.5. The fourth-order valence-corrected chi connectivity index (χ4v) is 10.1. The third kappa shape index (κ3) is 12.9. The Kier molecular flexibility index (Phi) is 15.6. The van der Waals surface area contributed by atoms with Gasteiger partial charge in [0.05, 0.1) is 18.4 Å². The summed E-state index contributed by atoms with van der Waals surface area (Å²) in [5.74, 6) is -2.63. The normalized spacial score (nSPS) is 20.0. The first-order chi connectivity index (χ1) is 27.9. The Hall–Kier alpha value is -4.23. The van der Waals surface area contributed by atoms with Crippen molar-refractivity contribution in [3.05, 3.63) is 96.6 Å². The van der Waals surface area contributed by atoms with Gasteiger partial charge in [-0.15, -0.1) is 0 Å². The summed E-state index contributed by atoms with van der Waals surface area (Å²) in [4.78, 5) is 44.3. The SMILES string of the molecule is [2H]NC(CCCCOCc1ccccc1)C(=O)NC(CCS(C)(=O)=O)C(=O)N1C(C(=O)NC(CC)P(=O)(Oc2ccccc2)Oc2ccccc2)CC2CCCCC21. The largest absolute Gasteiger partial charge is 0.452 e. The van der Waals surface area contributed by atoms with E-state index < -0.39 is 59.1 Å². The van der Waals surface area contributed by atoms with Crippen LogP contribution in [0.3, 0.4) is 0 Å². The lowest BCUT2D eigenvalue weighted by molar-refractivity contribution is -0.144. The molecule has 1 saturated carbocycles. The summed E-state index contributed by atoms with van der Waals surface area (Å²) in [5, 5.41) is 5.67. The fraction of sp³-hybridized carbons (Fsp3) is 0.500. The number of carbonyl (C=O) groups excluding carboxylic acids is 3. The smallest absolute Gasteiger partial charge is 0.415 e. The van der Waals surface area contributed by atoms with E-state index in [0.29, 0.717) is 50.4 Å². The molecule has 4 N–H and O–H groups in total. The summed E-state index contributed by atoms with van der Waals surface area (Å²) in [5.41, 5.74) is 3.34. The highest BCUT2D eigenvalue weighted by Crippen LogP contribution is 2.53. The maximum Gasteiger partial charge on any atom is 0.452 e. The molecule has 6 unspecified atom stereocenters. The maximum atomic E-state index is 14.7. The molecule has 3 aromatic carbocycles. The van der Waals surface area contributed by atoms with Gasteiger partial charge in [0.2, 0.25) is 17.7 Å². The molecule has 0 spiro atoms. The molecule has 5 rings (SSSR count). The first-order valence-corrected chi connectivity index (χ1v) is 23.6. The van der Waals surface area contributed by atoms with E-state index in [-0.39, 0.29) is 37.0 Å². The molecule has 1 aliphatic heterocycles. The molecule has 6 atom stereocenters. The fourth-order valence-electron chi connectivity index (χ4n) is 7.57. The summed E-state index contributed by atoms with van der Waals surface area (Å²) in [6.07, 6.45) is 6.04. The standard InChI is InChI=1S/C42H57N4O9PS/c1-3-39(56(50,54-33-20-9-5-10-21-33)55-34-22-11-6-12-23-34)45-41(48)38-29-32-19-13-14-25-37(32)46(38)42(49)36(26-28-57(2,51)52)44-40(47)35(43)24-15-16-27-53-30-31-17-7-4-8-18-31/h4-12,17-18,20-23,32,35-39H,3,13-16,19,24-30,43H2,1-2H3,(H,44,47)(H,45,48)/i/hD. The van der Waals surface area contributed by atoms with E-state index in [1.807, 2.05) is 30.3 Å². The van der Waals surface area contributed by atoms with E-state index in [1.165, 1.54) is 4.90 Å². The van der Waals surface area contributed by atoms with Gasteiger partial charge in [0.25, 0.3) is 0 Å². The molecule has 0 bridgehead atoms. The summed E-state index contributed by atoms with van der Waals surface area (Å²) < 4.78 is 65.2. The summed E-state index contributed by atoms with van der Waals surface area (Å²) in [6.45, 7) is 2.68. The van der Waals surface area contributed by atoms with Crippen molar-refractivity contribution < 1.29 is 42.6 Å². The number of fused-ring (bicyclic) bond motifs is 1. The second kappa shape index (κ2) is 21.0. The number of amides is 3. The lowest BCUT2D eigenvalue weighted by atomic mass is 9.84. The van der Waals surface area contributed by atoms with E-state index in [0.717, 1.165) is 31.1 Å². The molecule has 3 aromatic rings. The second-order valence-corrected chi connectivity index (χ2v) is 19.3. The zero-order valence-electron chi connectivity index (χ0n) is 33.8. The lowest BCUT2D eigenvalue weighted by Crippen LogP contribution is -2.58. The predicted octanol–water partition coefficient (Wildman–Crippen LogP) is 5.98. The Morgan fingerprint density at radius 3 is 2.11 bits per heavy atom. The number of rotatable bonds is 22. The number of nitrogens with two attached hydrogens (primary N) is 1. The number of hydrogen-bond acceptors (Lipinski definition) is 10. The quantitative estimate of drug-likeness (QED) is 0.0805. The van der Waals surface area contributed by atoms with Crippen molar-refractivity contribution >= 4 is 35.2 Å². The molecule has 3 amide bonds. The predicted molar refractivity (Wildman–Crippen MR) is 219 cm³/mol. The molecule has 57 heavy (non-hydrogen) atoms. The molecule has 13 nitrogen and oxygen atoms in total. The van der Waals surface area contributed by atoms with Crippen molar-refractivity contribution in [1.82, 2.24) is 15.5 Å². The molecule has 2 fully saturated rings. The van der Waals surface area contributed by atoms with Gasteiger partial charge in [0, 0.05) is 18.9 Å². The average molecular weight is 826 g/mol. The number of carbonyl (C=O) groups is 3. The molecule has 1 heterocycles. The van der Waals surface area contributed by atoms with Gasteiger partial charge < -0.3 is 35.0 Å². The Morgan fingerprint density at radius 1 is 0.895 bits per heavy atom. The van der Waals surface area contributed by atoms with Gasteiger partial charge in [-0.2, -0.15) is 0 Å². The van der Waals surface area contributed by atoms with E-state index in [1.54, 1.807) is 67.6 Å². The number of nitrogens with one attached hydrogen (secondary N) is 2. The number of nitrogens with zero attached hydrogens (tertiary/aromatic N) is 1. The van der Waals surface area contributed by atoms with Gasteiger partial charge in [0.1, 0.15) is 34.8 Å². The maximum absolute atomic E-state index is 14.7. The van der Waals surface area contributed by atoms with Crippen LogP contribution < -0.4 is 25.4 Å². The topological polar surface area (TPSA) is 183 Å². The number of para-hydroxylation sites is 2. The third-order valence-corrected chi connectivity index (χ3v) is 13.7. The van der Waals surface area contributed by atoms with Gasteiger partial charge in [-0.25, -0.2) is 13.0 Å².